The van der Waals surface area contributed by atoms with Crippen molar-refractivity contribution in [2.24, 2.45) is 5.10 Å². The maximum Gasteiger partial charge on any atom is 0.287 e. The summed E-state index contributed by atoms with van der Waals surface area (Å²) in [6, 6.07) is 13.8. The second-order valence-corrected chi connectivity index (χ2v) is 7.20. The minimum atomic E-state index is -0.515. The SMILES string of the molecule is COc1cc(/C=N\Nc2ccc([N+](=O)[O-])cn2)cc(Br)c1OCc1ccccc1Cl. The molecule has 1 heterocycles. The molecule has 10 heteroatoms. The van der Waals surface area contributed by atoms with Crippen molar-refractivity contribution >= 4 is 45.3 Å². The van der Waals surface area contributed by atoms with Crippen molar-refractivity contribution in [2.75, 3.05) is 12.5 Å². The number of hydrogen-bond donors (Lipinski definition) is 1. The summed E-state index contributed by atoms with van der Waals surface area (Å²) >= 11 is 9.67. The van der Waals surface area contributed by atoms with E-state index in [1.165, 1.54) is 12.1 Å². The predicted octanol–water partition coefficient (Wildman–Crippen LogP) is 5.44. The molecule has 2 aromatic carbocycles. The number of ether oxygens (including phenoxy) is 2. The van der Waals surface area contributed by atoms with Gasteiger partial charge in [0.2, 0.25) is 0 Å². The smallest absolute Gasteiger partial charge is 0.287 e. The summed E-state index contributed by atoms with van der Waals surface area (Å²) in [6.45, 7) is 0.287. The van der Waals surface area contributed by atoms with E-state index in [1.54, 1.807) is 25.5 Å². The number of pyridine rings is 1. The molecule has 154 valence electrons. The van der Waals surface area contributed by atoms with Crippen LogP contribution in [0, 0.1) is 10.1 Å². The molecule has 0 saturated carbocycles. The summed E-state index contributed by atoms with van der Waals surface area (Å²) in [5, 5.41) is 15.4. The third kappa shape index (κ3) is 5.46. The van der Waals surface area contributed by atoms with Crippen LogP contribution in [0.4, 0.5) is 11.5 Å². The number of halogens is 2. The van der Waals surface area contributed by atoms with Crippen LogP contribution in [0.15, 0.2) is 64.3 Å². The van der Waals surface area contributed by atoms with E-state index in [2.05, 4.69) is 31.4 Å². The van der Waals surface area contributed by atoms with Gasteiger partial charge in [-0.3, -0.25) is 15.5 Å². The van der Waals surface area contributed by atoms with Crippen molar-refractivity contribution in [3.8, 4) is 11.5 Å². The first kappa shape index (κ1) is 21.5. The van der Waals surface area contributed by atoms with Crippen LogP contribution < -0.4 is 14.9 Å². The van der Waals surface area contributed by atoms with Crippen LogP contribution >= 0.6 is 27.5 Å². The van der Waals surface area contributed by atoms with Gasteiger partial charge in [0, 0.05) is 16.7 Å². The number of anilines is 1. The highest BCUT2D eigenvalue weighted by Crippen LogP contribution is 2.37. The van der Waals surface area contributed by atoms with Gasteiger partial charge in [-0.25, -0.2) is 4.98 Å². The van der Waals surface area contributed by atoms with Gasteiger partial charge < -0.3 is 9.47 Å². The fourth-order valence-electron chi connectivity index (χ4n) is 2.45. The van der Waals surface area contributed by atoms with E-state index < -0.39 is 4.92 Å². The van der Waals surface area contributed by atoms with Crippen LogP contribution in [0.5, 0.6) is 11.5 Å². The molecule has 0 aliphatic rings. The molecule has 3 rings (SSSR count). The van der Waals surface area contributed by atoms with Crippen LogP contribution in [-0.2, 0) is 6.61 Å². The monoisotopic (exact) mass is 490 g/mol. The molecular formula is C20H16BrClN4O4. The number of hydrogen-bond acceptors (Lipinski definition) is 7. The molecule has 0 unspecified atom stereocenters. The van der Waals surface area contributed by atoms with E-state index >= 15 is 0 Å². The Hall–Kier alpha value is -3.17. The minimum Gasteiger partial charge on any atom is -0.493 e. The van der Waals surface area contributed by atoms with E-state index in [0.29, 0.717) is 26.8 Å². The minimum absolute atomic E-state index is 0.0921. The molecular weight excluding hydrogens is 476 g/mol. The van der Waals surface area contributed by atoms with Crippen molar-refractivity contribution in [2.45, 2.75) is 6.61 Å². The van der Waals surface area contributed by atoms with Crippen molar-refractivity contribution in [1.29, 1.82) is 0 Å². The van der Waals surface area contributed by atoms with E-state index in [1.807, 2.05) is 24.3 Å². The Bertz CT molecular complexity index is 1080. The first-order valence-corrected chi connectivity index (χ1v) is 9.78. The Labute approximate surface area is 185 Å². The van der Waals surface area contributed by atoms with E-state index in [-0.39, 0.29) is 12.3 Å². The molecule has 0 saturated heterocycles. The average Bonchev–Trinajstić information content (AvgIpc) is 2.74. The molecule has 0 atom stereocenters. The van der Waals surface area contributed by atoms with Gasteiger partial charge >= 0.3 is 0 Å². The molecule has 8 nitrogen and oxygen atoms in total. The van der Waals surface area contributed by atoms with Gasteiger partial charge in [-0.1, -0.05) is 29.8 Å². The maximum absolute atomic E-state index is 10.7. The largest absolute Gasteiger partial charge is 0.493 e. The van der Waals surface area contributed by atoms with E-state index in [4.69, 9.17) is 21.1 Å². The van der Waals surface area contributed by atoms with Crippen LogP contribution in [0.3, 0.4) is 0 Å². The lowest BCUT2D eigenvalue weighted by Gasteiger charge is -2.14. The zero-order valence-electron chi connectivity index (χ0n) is 15.7. The van der Waals surface area contributed by atoms with Crippen LogP contribution in [0.25, 0.3) is 0 Å². The molecule has 0 amide bonds. The number of benzene rings is 2. The third-order valence-electron chi connectivity index (χ3n) is 3.93. The fourth-order valence-corrected chi connectivity index (χ4v) is 3.22. The Morgan fingerprint density at radius 3 is 2.77 bits per heavy atom. The quantitative estimate of drug-likeness (QED) is 0.256. The van der Waals surface area contributed by atoms with Gasteiger partial charge in [0.25, 0.3) is 5.69 Å². The zero-order chi connectivity index (χ0) is 21.5. The number of aromatic nitrogens is 1. The Kier molecular flexibility index (Phi) is 7.21. The van der Waals surface area contributed by atoms with Gasteiger partial charge in [0.15, 0.2) is 11.5 Å². The first-order valence-electron chi connectivity index (χ1n) is 8.61. The van der Waals surface area contributed by atoms with Gasteiger partial charge in [-0.05, 0) is 45.8 Å². The second-order valence-electron chi connectivity index (χ2n) is 5.94. The van der Waals surface area contributed by atoms with Crippen molar-refractivity contribution < 1.29 is 14.4 Å². The summed E-state index contributed by atoms with van der Waals surface area (Å²) in [5.41, 5.74) is 4.22. The maximum atomic E-state index is 10.7. The molecule has 1 aromatic heterocycles. The lowest BCUT2D eigenvalue weighted by Crippen LogP contribution is -2.00. The second kappa shape index (κ2) is 10.0. The lowest BCUT2D eigenvalue weighted by atomic mass is 10.2. The van der Waals surface area contributed by atoms with Gasteiger partial charge in [0.05, 0.1) is 22.7 Å². The number of nitro groups is 1. The molecule has 0 aliphatic heterocycles. The van der Waals surface area contributed by atoms with Crippen molar-refractivity contribution in [3.63, 3.8) is 0 Å². The number of rotatable bonds is 8. The Balaban J connectivity index is 1.70. The Morgan fingerprint density at radius 1 is 1.30 bits per heavy atom. The molecule has 0 radical (unpaired) electrons. The molecule has 0 fully saturated rings. The predicted molar refractivity (Wildman–Crippen MR) is 119 cm³/mol. The van der Waals surface area contributed by atoms with Gasteiger partial charge in [0.1, 0.15) is 18.6 Å². The number of nitrogens with zero attached hydrogens (tertiary/aromatic N) is 3. The van der Waals surface area contributed by atoms with Crippen LogP contribution in [0.1, 0.15) is 11.1 Å². The van der Waals surface area contributed by atoms with E-state index in [0.717, 1.165) is 17.3 Å². The molecule has 0 aliphatic carbocycles. The third-order valence-corrected chi connectivity index (χ3v) is 4.89. The van der Waals surface area contributed by atoms with Crippen molar-refractivity contribution in [1.82, 2.24) is 4.98 Å². The molecule has 0 bridgehead atoms. The van der Waals surface area contributed by atoms with Crippen molar-refractivity contribution in [3.05, 3.63) is 85.5 Å². The standard InChI is InChI=1S/C20H16BrClN4O4/c1-29-18-9-13(10-24-25-19-7-6-15(11-23-19)26(27)28)8-16(21)20(18)30-12-14-4-2-3-5-17(14)22/h2-11H,12H2,1H3,(H,23,25)/b24-10-. The lowest BCUT2D eigenvalue weighted by molar-refractivity contribution is -0.385. The average molecular weight is 492 g/mol. The molecule has 3 aromatic rings. The highest BCUT2D eigenvalue weighted by atomic mass is 79.9. The highest BCUT2D eigenvalue weighted by molar-refractivity contribution is 9.10. The molecule has 1 N–H and O–H groups in total. The topological polar surface area (TPSA) is 98.9 Å². The summed E-state index contributed by atoms with van der Waals surface area (Å²) in [5.74, 6) is 1.44. The van der Waals surface area contributed by atoms with Crippen LogP contribution in [0.2, 0.25) is 5.02 Å². The zero-order valence-corrected chi connectivity index (χ0v) is 18.1. The van der Waals surface area contributed by atoms with Crippen LogP contribution in [-0.4, -0.2) is 23.2 Å². The fraction of sp³-hybridized carbons (Fsp3) is 0.100. The molecule has 30 heavy (non-hydrogen) atoms. The summed E-state index contributed by atoms with van der Waals surface area (Å²) in [6.07, 6.45) is 2.72. The first-order chi connectivity index (χ1) is 14.5. The summed E-state index contributed by atoms with van der Waals surface area (Å²) in [4.78, 5) is 14.1. The molecule has 0 spiro atoms. The van der Waals surface area contributed by atoms with E-state index in [9.17, 15) is 10.1 Å². The number of nitrogens with one attached hydrogen (secondary N) is 1. The van der Waals surface area contributed by atoms with Gasteiger partial charge in [-0.2, -0.15) is 5.10 Å². The highest BCUT2D eigenvalue weighted by Gasteiger charge is 2.12. The summed E-state index contributed by atoms with van der Waals surface area (Å²) in [7, 11) is 1.55. The summed E-state index contributed by atoms with van der Waals surface area (Å²) < 4.78 is 12.0. The number of hydrazone groups is 1. The Morgan fingerprint density at radius 2 is 2.10 bits per heavy atom. The number of methoxy groups -OCH3 is 1. The van der Waals surface area contributed by atoms with Gasteiger partial charge in [-0.15, -0.1) is 0 Å². The normalized spacial score (nSPS) is 10.8.